The summed E-state index contributed by atoms with van der Waals surface area (Å²) in [6.45, 7) is 0.354. The Morgan fingerprint density at radius 1 is 1.12 bits per heavy atom. The van der Waals surface area contributed by atoms with Gasteiger partial charge in [-0.25, -0.2) is 0 Å². The molecule has 1 aromatic carbocycles. The number of alkyl halides is 3. The SMILES string of the molecule is O=C(CCC(=O)N1CCC(C(O)C(F)(F)F)CC1)c1ccccc1. The number of hydrogen-bond donors (Lipinski definition) is 1. The van der Waals surface area contributed by atoms with Crippen LogP contribution in [0, 0.1) is 5.92 Å². The quantitative estimate of drug-likeness (QED) is 0.837. The second-order valence-corrected chi connectivity index (χ2v) is 5.99. The van der Waals surface area contributed by atoms with E-state index in [1.807, 2.05) is 0 Å². The van der Waals surface area contributed by atoms with E-state index in [-0.39, 0.29) is 50.5 Å². The van der Waals surface area contributed by atoms with Gasteiger partial charge < -0.3 is 10.0 Å². The summed E-state index contributed by atoms with van der Waals surface area (Å²) in [7, 11) is 0. The number of carbonyl (C=O) groups is 2. The molecule has 0 saturated carbocycles. The van der Waals surface area contributed by atoms with E-state index < -0.39 is 18.2 Å². The molecule has 0 bridgehead atoms. The highest BCUT2D eigenvalue weighted by Crippen LogP contribution is 2.31. The third-order valence-electron chi connectivity index (χ3n) is 4.34. The maximum Gasteiger partial charge on any atom is 0.414 e. The van der Waals surface area contributed by atoms with Crippen molar-refractivity contribution < 1.29 is 27.9 Å². The van der Waals surface area contributed by atoms with E-state index in [4.69, 9.17) is 0 Å². The van der Waals surface area contributed by atoms with Gasteiger partial charge in [-0.1, -0.05) is 30.3 Å². The third kappa shape index (κ3) is 4.80. The fourth-order valence-corrected chi connectivity index (χ4v) is 2.88. The summed E-state index contributed by atoms with van der Waals surface area (Å²) >= 11 is 0. The van der Waals surface area contributed by atoms with Crippen molar-refractivity contribution in [2.75, 3.05) is 13.1 Å². The molecule has 1 heterocycles. The molecule has 1 atom stereocenters. The topological polar surface area (TPSA) is 57.6 Å². The molecule has 0 spiro atoms. The molecule has 4 nitrogen and oxygen atoms in total. The van der Waals surface area contributed by atoms with Gasteiger partial charge >= 0.3 is 6.18 Å². The van der Waals surface area contributed by atoms with Gasteiger partial charge in [-0.15, -0.1) is 0 Å². The summed E-state index contributed by atoms with van der Waals surface area (Å²) in [6, 6.07) is 8.63. The van der Waals surface area contributed by atoms with Gasteiger partial charge in [-0.2, -0.15) is 13.2 Å². The Balaban J connectivity index is 1.78. The number of hydrogen-bond acceptors (Lipinski definition) is 3. The number of carbonyl (C=O) groups excluding carboxylic acids is 2. The molecule has 2 rings (SSSR count). The highest BCUT2D eigenvalue weighted by Gasteiger charge is 2.44. The molecule has 1 aliphatic rings. The first-order chi connectivity index (χ1) is 11.3. The lowest BCUT2D eigenvalue weighted by Gasteiger charge is -2.34. The first-order valence-corrected chi connectivity index (χ1v) is 7.90. The van der Waals surface area contributed by atoms with Crippen LogP contribution in [0.4, 0.5) is 13.2 Å². The van der Waals surface area contributed by atoms with Gasteiger partial charge in [-0.3, -0.25) is 9.59 Å². The molecule has 1 amide bonds. The molecule has 1 saturated heterocycles. The largest absolute Gasteiger partial charge is 0.414 e. The van der Waals surface area contributed by atoms with Crippen LogP contribution in [0.1, 0.15) is 36.0 Å². The number of aliphatic hydroxyl groups excluding tert-OH is 1. The van der Waals surface area contributed by atoms with E-state index in [9.17, 15) is 27.9 Å². The monoisotopic (exact) mass is 343 g/mol. The second kappa shape index (κ2) is 7.79. The Bertz CT molecular complexity index is 566. The first kappa shape index (κ1) is 18.4. The van der Waals surface area contributed by atoms with Gasteiger partial charge in [0.05, 0.1) is 0 Å². The molecular weight excluding hydrogens is 323 g/mol. The van der Waals surface area contributed by atoms with Crippen LogP contribution in [0.2, 0.25) is 0 Å². The van der Waals surface area contributed by atoms with Gasteiger partial charge in [0.25, 0.3) is 0 Å². The molecule has 0 radical (unpaired) electrons. The van der Waals surface area contributed by atoms with Crippen molar-refractivity contribution in [3.8, 4) is 0 Å². The lowest BCUT2D eigenvalue weighted by molar-refractivity contribution is -0.222. The van der Waals surface area contributed by atoms with Crippen molar-refractivity contribution in [3.63, 3.8) is 0 Å². The number of aliphatic hydroxyl groups is 1. The van der Waals surface area contributed by atoms with Gasteiger partial charge in [0, 0.05) is 31.5 Å². The van der Waals surface area contributed by atoms with Crippen LogP contribution in [-0.2, 0) is 4.79 Å². The number of piperidine rings is 1. The van der Waals surface area contributed by atoms with Crippen molar-refractivity contribution in [2.45, 2.75) is 38.0 Å². The average Bonchev–Trinajstić information content (AvgIpc) is 2.58. The smallest absolute Gasteiger partial charge is 0.383 e. The molecule has 132 valence electrons. The highest BCUT2D eigenvalue weighted by atomic mass is 19.4. The lowest BCUT2D eigenvalue weighted by atomic mass is 9.90. The Kier molecular flexibility index (Phi) is 5.99. The fourth-order valence-electron chi connectivity index (χ4n) is 2.88. The lowest BCUT2D eigenvalue weighted by Crippen LogP contribution is -2.45. The Morgan fingerprint density at radius 3 is 2.25 bits per heavy atom. The molecule has 24 heavy (non-hydrogen) atoms. The van der Waals surface area contributed by atoms with Gasteiger partial charge in [0.2, 0.25) is 5.91 Å². The van der Waals surface area contributed by atoms with E-state index in [0.717, 1.165) is 0 Å². The summed E-state index contributed by atoms with van der Waals surface area (Å²) in [5, 5.41) is 9.26. The standard InChI is InChI=1S/C17H20F3NO3/c18-17(19,20)16(24)13-8-10-21(11-9-13)15(23)7-6-14(22)12-4-2-1-3-5-12/h1-5,13,16,24H,6-11H2. The van der Waals surface area contributed by atoms with Crippen LogP contribution < -0.4 is 0 Å². The van der Waals surface area contributed by atoms with Crippen molar-refractivity contribution in [3.05, 3.63) is 35.9 Å². The second-order valence-electron chi connectivity index (χ2n) is 5.99. The fraction of sp³-hybridized carbons (Fsp3) is 0.529. The Hall–Kier alpha value is -1.89. The molecule has 1 aromatic rings. The van der Waals surface area contributed by atoms with Crippen molar-refractivity contribution in [1.29, 1.82) is 0 Å². The van der Waals surface area contributed by atoms with Gasteiger partial charge in [0.15, 0.2) is 11.9 Å². The number of ketones is 1. The maximum atomic E-state index is 12.5. The summed E-state index contributed by atoms with van der Waals surface area (Å²) < 4.78 is 37.5. The van der Waals surface area contributed by atoms with Crippen molar-refractivity contribution >= 4 is 11.7 Å². The minimum Gasteiger partial charge on any atom is -0.383 e. The van der Waals surface area contributed by atoms with Crippen LogP contribution >= 0.6 is 0 Å². The minimum absolute atomic E-state index is 0.0419. The summed E-state index contributed by atoms with van der Waals surface area (Å²) in [6.07, 6.45) is -6.63. The summed E-state index contributed by atoms with van der Waals surface area (Å²) in [5.41, 5.74) is 0.539. The van der Waals surface area contributed by atoms with Gasteiger partial charge in [-0.05, 0) is 18.8 Å². The Labute approximate surface area is 138 Å². The zero-order valence-electron chi connectivity index (χ0n) is 13.1. The molecule has 0 aromatic heterocycles. The molecule has 7 heteroatoms. The number of Topliss-reactive ketones (excluding diaryl/α,β-unsaturated/α-hetero) is 1. The minimum atomic E-state index is -4.63. The zero-order chi connectivity index (χ0) is 17.7. The summed E-state index contributed by atoms with van der Waals surface area (Å²) in [4.78, 5) is 25.5. The normalized spacial score (nSPS) is 17.6. The van der Waals surface area contributed by atoms with E-state index in [0.29, 0.717) is 5.56 Å². The van der Waals surface area contributed by atoms with E-state index in [1.54, 1.807) is 30.3 Å². The van der Waals surface area contributed by atoms with Crippen LogP contribution in [0.25, 0.3) is 0 Å². The van der Waals surface area contributed by atoms with E-state index in [2.05, 4.69) is 0 Å². The number of nitrogens with zero attached hydrogens (tertiary/aromatic N) is 1. The maximum absolute atomic E-state index is 12.5. The number of rotatable bonds is 5. The van der Waals surface area contributed by atoms with E-state index in [1.165, 1.54) is 4.90 Å². The van der Waals surface area contributed by atoms with E-state index >= 15 is 0 Å². The Morgan fingerprint density at radius 2 is 1.71 bits per heavy atom. The first-order valence-electron chi connectivity index (χ1n) is 7.90. The van der Waals surface area contributed by atoms with Crippen molar-refractivity contribution in [2.24, 2.45) is 5.92 Å². The molecule has 1 N–H and O–H groups in total. The molecule has 1 fully saturated rings. The predicted octanol–water partition coefficient (Wildman–Crippen LogP) is 2.81. The molecule has 1 aliphatic heterocycles. The zero-order valence-corrected chi connectivity index (χ0v) is 13.1. The summed E-state index contributed by atoms with van der Waals surface area (Å²) in [5.74, 6) is -1.24. The highest BCUT2D eigenvalue weighted by molar-refractivity contribution is 5.97. The number of halogens is 3. The average molecular weight is 343 g/mol. The van der Waals surface area contributed by atoms with Crippen LogP contribution in [0.15, 0.2) is 30.3 Å². The third-order valence-corrected chi connectivity index (χ3v) is 4.34. The van der Waals surface area contributed by atoms with Gasteiger partial charge in [0.1, 0.15) is 0 Å². The van der Waals surface area contributed by atoms with Crippen molar-refractivity contribution in [1.82, 2.24) is 4.90 Å². The van der Waals surface area contributed by atoms with Crippen LogP contribution in [0.5, 0.6) is 0 Å². The number of benzene rings is 1. The molecular formula is C17H20F3NO3. The van der Waals surface area contributed by atoms with Crippen LogP contribution in [0.3, 0.4) is 0 Å². The number of amides is 1. The van der Waals surface area contributed by atoms with Crippen LogP contribution in [-0.4, -0.2) is 47.1 Å². The molecule has 1 unspecified atom stereocenters. The number of likely N-dealkylation sites (tertiary alicyclic amines) is 1. The molecule has 0 aliphatic carbocycles. The predicted molar refractivity (Wildman–Crippen MR) is 81.4 cm³/mol.